The van der Waals surface area contributed by atoms with Crippen molar-refractivity contribution in [3.63, 3.8) is 0 Å². The Morgan fingerprint density at radius 3 is 2.47 bits per heavy atom. The van der Waals surface area contributed by atoms with Crippen molar-refractivity contribution in [3.8, 4) is 0 Å². The number of nitrogens with zero attached hydrogens (tertiary/aromatic N) is 1. The number of rotatable bonds is 3. The van der Waals surface area contributed by atoms with E-state index in [0.717, 1.165) is 0 Å². The normalized spacial score (nSPS) is 65.8. The van der Waals surface area contributed by atoms with E-state index in [-0.39, 0.29) is 24.4 Å². The van der Waals surface area contributed by atoms with Crippen LogP contribution in [0.3, 0.4) is 0 Å². The van der Waals surface area contributed by atoms with Gasteiger partial charge in [-0.15, -0.1) is 0 Å². The molecule has 0 amide bonds. The summed E-state index contributed by atoms with van der Waals surface area (Å²) in [5.41, 5.74) is -5.31. The SMILES string of the molecule is CCN1C[C@]2(O)CC[C@H](O)[C@@]34[C@@H]5C[C@H]6[C@@H](O)[C@@H]5[C@](O)(C[C@@H]6OC)[C@](O)([C@@H](OC)[C@H]23)[C@@H]14. The van der Waals surface area contributed by atoms with Gasteiger partial charge in [0.05, 0.1) is 36.1 Å². The van der Waals surface area contributed by atoms with Gasteiger partial charge in [-0.2, -0.15) is 0 Å². The Hall–Kier alpha value is -0.320. The molecular weight excluding hydrogens is 390 g/mol. The zero-order valence-corrected chi connectivity index (χ0v) is 17.9. The second-order valence-electron chi connectivity index (χ2n) is 11.0. The van der Waals surface area contributed by atoms with Gasteiger partial charge in [0.2, 0.25) is 0 Å². The van der Waals surface area contributed by atoms with E-state index in [1.165, 1.54) is 7.11 Å². The van der Waals surface area contributed by atoms with Crippen molar-refractivity contribution in [3.05, 3.63) is 0 Å². The second-order valence-corrected chi connectivity index (χ2v) is 11.0. The van der Waals surface area contributed by atoms with Crippen molar-refractivity contribution in [1.29, 1.82) is 0 Å². The average Bonchev–Trinajstić information content (AvgIpc) is 3.09. The number of hydrogen-bond acceptors (Lipinski definition) is 8. The third-order valence-corrected chi connectivity index (χ3v) is 10.6. The standard InChI is InChI=1S/C22H35NO7/c1-4-23-9-19(26)6-5-13(24)21-11-7-10-12(29-2)8-20(27,14(11)15(10)25)22(28,18(21)23)17(30-3)16(19)21/h10-18,24-28H,4-9H2,1-3H3/t10-,11-,12+,13+,14-,15-,16-,17+,18+,19-,20-,21+,22+/m1/s1. The first-order valence-electron chi connectivity index (χ1n) is 11.5. The number of aliphatic hydroxyl groups is 5. The quantitative estimate of drug-likeness (QED) is 0.379. The van der Waals surface area contributed by atoms with E-state index < -0.39 is 58.4 Å². The van der Waals surface area contributed by atoms with Gasteiger partial charge in [-0.25, -0.2) is 0 Å². The van der Waals surface area contributed by atoms with Crippen molar-refractivity contribution in [2.75, 3.05) is 27.3 Å². The van der Waals surface area contributed by atoms with Crippen molar-refractivity contribution >= 4 is 0 Å². The van der Waals surface area contributed by atoms with E-state index in [9.17, 15) is 25.5 Å². The summed E-state index contributed by atoms with van der Waals surface area (Å²) >= 11 is 0. The minimum atomic E-state index is -1.73. The van der Waals surface area contributed by atoms with Crippen LogP contribution in [0.4, 0.5) is 0 Å². The lowest BCUT2D eigenvalue weighted by atomic mass is 9.44. The first-order chi connectivity index (χ1) is 14.2. The van der Waals surface area contributed by atoms with Gasteiger partial charge in [0.25, 0.3) is 0 Å². The van der Waals surface area contributed by atoms with E-state index >= 15 is 0 Å². The number of hydrogen-bond donors (Lipinski definition) is 5. The van der Waals surface area contributed by atoms with Crippen LogP contribution < -0.4 is 0 Å². The molecule has 1 spiro atoms. The summed E-state index contributed by atoms with van der Waals surface area (Å²) in [5.74, 6) is -1.45. The first kappa shape index (κ1) is 20.3. The van der Waals surface area contributed by atoms with E-state index in [1.54, 1.807) is 7.11 Å². The smallest absolute Gasteiger partial charge is 0.136 e. The minimum Gasteiger partial charge on any atom is -0.392 e. The van der Waals surface area contributed by atoms with E-state index in [1.807, 2.05) is 6.92 Å². The van der Waals surface area contributed by atoms with Crippen LogP contribution in [-0.2, 0) is 9.47 Å². The number of β-amino-alcohol motifs (C(OH)–C–C–N with tert-alkyl or cyclic N) is 1. The van der Waals surface area contributed by atoms with E-state index in [2.05, 4.69) is 4.90 Å². The Bertz CT molecular complexity index is 768. The highest BCUT2D eigenvalue weighted by atomic mass is 16.5. The van der Waals surface area contributed by atoms with Crippen LogP contribution in [0, 0.1) is 29.1 Å². The topological polar surface area (TPSA) is 123 Å². The molecule has 1 heterocycles. The van der Waals surface area contributed by atoms with Gasteiger partial charge in [-0.3, -0.25) is 4.90 Å². The lowest BCUT2D eigenvalue weighted by Gasteiger charge is -2.68. The zero-order valence-electron chi connectivity index (χ0n) is 17.9. The molecule has 0 radical (unpaired) electrons. The van der Waals surface area contributed by atoms with Crippen LogP contribution in [-0.4, -0.2) is 105 Å². The van der Waals surface area contributed by atoms with Gasteiger partial charge in [0.15, 0.2) is 0 Å². The van der Waals surface area contributed by atoms with Crippen LogP contribution in [0.5, 0.6) is 0 Å². The minimum absolute atomic E-state index is 0.151. The first-order valence-corrected chi connectivity index (χ1v) is 11.5. The molecule has 13 atom stereocenters. The molecule has 5 N–H and O–H groups in total. The number of likely N-dealkylation sites (N-methyl/N-ethyl adjacent to an activating group) is 1. The fourth-order valence-corrected chi connectivity index (χ4v) is 10.0. The molecule has 0 aromatic heterocycles. The number of fused-ring (bicyclic) bond motifs is 2. The molecule has 1 aliphatic heterocycles. The molecule has 6 fully saturated rings. The molecule has 7 bridgehead atoms. The Kier molecular flexibility index (Phi) is 3.91. The molecule has 8 heteroatoms. The molecule has 6 rings (SSSR count). The van der Waals surface area contributed by atoms with Crippen LogP contribution >= 0.6 is 0 Å². The monoisotopic (exact) mass is 425 g/mol. The molecule has 5 aliphatic carbocycles. The second kappa shape index (κ2) is 5.78. The molecule has 1 saturated heterocycles. The zero-order chi connectivity index (χ0) is 21.4. The van der Waals surface area contributed by atoms with Crippen molar-refractivity contribution in [2.45, 2.75) is 79.9 Å². The number of aliphatic hydroxyl groups excluding tert-OH is 2. The lowest BCUT2D eigenvalue weighted by Crippen LogP contribution is -2.82. The summed E-state index contributed by atoms with van der Waals surface area (Å²) < 4.78 is 11.6. The fourth-order valence-electron chi connectivity index (χ4n) is 10.0. The van der Waals surface area contributed by atoms with Crippen molar-refractivity contribution in [2.24, 2.45) is 29.1 Å². The number of likely N-dealkylation sites (tertiary alicyclic amines) is 1. The summed E-state index contributed by atoms with van der Waals surface area (Å²) in [7, 11) is 3.11. The average molecular weight is 426 g/mol. The van der Waals surface area contributed by atoms with Gasteiger partial charge in [-0.1, -0.05) is 6.92 Å². The summed E-state index contributed by atoms with van der Waals surface area (Å²) in [5, 5.41) is 59.6. The van der Waals surface area contributed by atoms with Gasteiger partial charge in [0.1, 0.15) is 11.2 Å². The summed E-state index contributed by atoms with van der Waals surface area (Å²) in [6, 6.07) is -0.548. The maximum Gasteiger partial charge on any atom is 0.136 e. The predicted octanol–water partition coefficient (Wildman–Crippen LogP) is -1.28. The molecule has 30 heavy (non-hydrogen) atoms. The van der Waals surface area contributed by atoms with Gasteiger partial charge in [-0.05, 0) is 31.7 Å². The maximum absolute atomic E-state index is 12.5. The molecule has 0 unspecified atom stereocenters. The summed E-state index contributed by atoms with van der Waals surface area (Å²) in [4.78, 5) is 2.06. The van der Waals surface area contributed by atoms with Gasteiger partial charge < -0.3 is 35.0 Å². The molecule has 6 aliphatic rings. The van der Waals surface area contributed by atoms with E-state index in [0.29, 0.717) is 32.4 Å². The molecule has 0 aromatic carbocycles. The Labute approximate surface area is 176 Å². The number of methoxy groups -OCH3 is 2. The van der Waals surface area contributed by atoms with Gasteiger partial charge in [0, 0.05) is 50.4 Å². The highest BCUT2D eigenvalue weighted by Gasteiger charge is 2.91. The Balaban J connectivity index is 1.68. The predicted molar refractivity (Wildman–Crippen MR) is 104 cm³/mol. The van der Waals surface area contributed by atoms with Crippen molar-refractivity contribution < 1.29 is 35.0 Å². The molecular formula is C22H35NO7. The number of ether oxygens (including phenoxy) is 2. The molecule has 5 saturated carbocycles. The van der Waals surface area contributed by atoms with Crippen molar-refractivity contribution in [1.82, 2.24) is 4.90 Å². The van der Waals surface area contributed by atoms with E-state index in [4.69, 9.17) is 9.47 Å². The molecule has 8 nitrogen and oxygen atoms in total. The third kappa shape index (κ3) is 1.73. The third-order valence-electron chi connectivity index (χ3n) is 10.6. The van der Waals surface area contributed by atoms with Crippen LogP contribution in [0.15, 0.2) is 0 Å². The highest BCUT2D eigenvalue weighted by molar-refractivity contribution is 5.41. The highest BCUT2D eigenvalue weighted by Crippen LogP contribution is 2.78. The fraction of sp³-hybridized carbons (Fsp3) is 1.00. The van der Waals surface area contributed by atoms with Crippen LogP contribution in [0.1, 0.15) is 32.6 Å². The molecule has 170 valence electrons. The lowest BCUT2D eigenvalue weighted by molar-refractivity contribution is -0.319. The van der Waals surface area contributed by atoms with Crippen LogP contribution in [0.2, 0.25) is 0 Å². The Morgan fingerprint density at radius 2 is 1.83 bits per heavy atom. The molecule has 0 aromatic rings. The maximum atomic E-state index is 12.5. The van der Waals surface area contributed by atoms with Crippen LogP contribution in [0.25, 0.3) is 0 Å². The summed E-state index contributed by atoms with van der Waals surface area (Å²) in [6.07, 6.45) is -1.07. The Morgan fingerprint density at radius 1 is 1.10 bits per heavy atom. The number of piperidine rings is 1. The largest absolute Gasteiger partial charge is 0.392 e. The summed E-state index contributed by atoms with van der Waals surface area (Å²) in [6.45, 7) is 2.96. The van der Waals surface area contributed by atoms with Gasteiger partial charge >= 0.3 is 0 Å².